The first-order valence-electron chi connectivity index (χ1n) is 6.12. The van der Waals surface area contributed by atoms with Crippen molar-refractivity contribution < 1.29 is 4.79 Å². The molecule has 0 heterocycles. The Bertz CT molecular complexity index is 482. The second-order valence-electron chi connectivity index (χ2n) is 4.93. The van der Waals surface area contributed by atoms with Gasteiger partial charge in [-0.3, -0.25) is 4.79 Å². The Balaban J connectivity index is 2.21. The fourth-order valence-corrected chi connectivity index (χ4v) is 3.05. The van der Waals surface area contributed by atoms with Gasteiger partial charge in [0.05, 0.1) is 0 Å². The Kier molecular flexibility index (Phi) is 2.20. The van der Waals surface area contributed by atoms with Crippen LogP contribution >= 0.6 is 0 Å². The molecule has 0 saturated carbocycles. The zero-order valence-electron chi connectivity index (χ0n) is 9.62. The standard InChI is InChI=1S/C15H16O/c1-10-9-14-13(7-4-8-15(14)16)12-6-3-2-5-11(10)12/h2-3,5-6,10H,4,7-9H2,1H3. The molecule has 1 atom stereocenters. The Morgan fingerprint density at radius 1 is 1.12 bits per heavy atom. The molecule has 82 valence electrons. The van der Waals surface area contributed by atoms with E-state index in [1.807, 2.05) is 0 Å². The molecule has 0 amide bonds. The highest BCUT2D eigenvalue weighted by Crippen LogP contribution is 2.43. The Hall–Kier alpha value is -1.37. The van der Waals surface area contributed by atoms with Gasteiger partial charge in [0, 0.05) is 6.42 Å². The van der Waals surface area contributed by atoms with E-state index in [1.165, 1.54) is 16.7 Å². The zero-order valence-corrected chi connectivity index (χ0v) is 9.62. The van der Waals surface area contributed by atoms with E-state index in [9.17, 15) is 4.79 Å². The van der Waals surface area contributed by atoms with Gasteiger partial charge in [0.2, 0.25) is 0 Å². The van der Waals surface area contributed by atoms with Gasteiger partial charge in [-0.1, -0.05) is 31.2 Å². The van der Waals surface area contributed by atoms with Gasteiger partial charge in [-0.2, -0.15) is 0 Å². The molecule has 0 spiro atoms. The molecule has 0 N–H and O–H groups in total. The summed E-state index contributed by atoms with van der Waals surface area (Å²) in [5.41, 5.74) is 5.22. The van der Waals surface area contributed by atoms with E-state index in [-0.39, 0.29) is 0 Å². The average molecular weight is 212 g/mol. The second kappa shape index (κ2) is 3.58. The number of hydrogen-bond donors (Lipinski definition) is 0. The molecule has 0 aromatic heterocycles. The van der Waals surface area contributed by atoms with Gasteiger partial charge >= 0.3 is 0 Å². The molecule has 0 aliphatic heterocycles. The maximum absolute atomic E-state index is 11.9. The third kappa shape index (κ3) is 1.35. The molecule has 1 aromatic rings. The SMILES string of the molecule is CC1CC2=C(CCCC2=O)c2ccccc21. The highest BCUT2D eigenvalue weighted by Gasteiger charge is 2.29. The van der Waals surface area contributed by atoms with Crippen LogP contribution in [0.4, 0.5) is 0 Å². The van der Waals surface area contributed by atoms with Crippen LogP contribution in [0.2, 0.25) is 0 Å². The molecule has 2 aliphatic rings. The lowest BCUT2D eigenvalue weighted by Crippen LogP contribution is -2.18. The Morgan fingerprint density at radius 2 is 1.94 bits per heavy atom. The molecule has 1 unspecified atom stereocenters. The van der Waals surface area contributed by atoms with E-state index < -0.39 is 0 Å². The lowest BCUT2D eigenvalue weighted by molar-refractivity contribution is -0.116. The molecule has 0 radical (unpaired) electrons. The van der Waals surface area contributed by atoms with E-state index in [2.05, 4.69) is 31.2 Å². The van der Waals surface area contributed by atoms with Crippen molar-refractivity contribution in [1.82, 2.24) is 0 Å². The summed E-state index contributed by atoms with van der Waals surface area (Å²) in [5, 5.41) is 0. The van der Waals surface area contributed by atoms with Gasteiger partial charge in [0.25, 0.3) is 0 Å². The number of rotatable bonds is 0. The largest absolute Gasteiger partial charge is 0.295 e. The van der Waals surface area contributed by atoms with E-state index in [0.29, 0.717) is 11.7 Å². The minimum Gasteiger partial charge on any atom is -0.295 e. The number of fused-ring (bicyclic) bond motifs is 2. The van der Waals surface area contributed by atoms with Gasteiger partial charge < -0.3 is 0 Å². The number of Topliss-reactive ketones (excluding diaryl/α,β-unsaturated/α-hetero) is 1. The van der Waals surface area contributed by atoms with Crippen LogP contribution in [0.15, 0.2) is 29.8 Å². The van der Waals surface area contributed by atoms with E-state index in [1.54, 1.807) is 0 Å². The topological polar surface area (TPSA) is 17.1 Å². The molecular formula is C15H16O. The summed E-state index contributed by atoms with van der Waals surface area (Å²) in [7, 11) is 0. The molecular weight excluding hydrogens is 196 g/mol. The molecule has 3 rings (SSSR count). The lowest BCUT2D eigenvalue weighted by Gasteiger charge is -2.30. The summed E-state index contributed by atoms with van der Waals surface area (Å²) in [6.07, 6.45) is 3.82. The van der Waals surface area contributed by atoms with E-state index >= 15 is 0 Å². The third-order valence-corrected chi connectivity index (χ3v) is 3.86. The number of hydrogen-bond acceptors (Lipinski definition) is 1. The number of ketones is 1. The van der Waals surface area contributed by atoms with Crippen LogP contribution in [0.25, 0.3) is 5.57 Å². The van der Waals surface area contributed by atoms with Crippen LogP contribution in [0, 0.1) is 0 Å². The summed E-state index contributed by atoms with van der Waals surface area (Å²) in [6, 6.07) is 8.58. The molecule has 0 bridgehead atoms. The average Bonchev–Trinajstić information content (AvgIpc) is 2.31. The van der Waals surface area contributed by atoms with Gasteiger partial charge in [-0.15, -0.1) is 0 Å². The van der Waals surface area contributed by atoms with Crippen molar-refractivity contribution in [3.63, 3.8) is 0 Å². The van der Waals surface area contributed by atoms with Crippen molar-refractivity contribution in [2.45, 2.75) is 38.5 Å². The van der Waals surface area contributed by atoms with Crippen molar-refractivity contribution in [2.24, 2.45) is 0 Å². The van der Waals surface area contributed by atoms with Crippen molar-refractivity contribution in [3.8, 4) is 0 Å². The third-order valence-electron chi connectivity index (χ3n) is 3.86. The van der Waals surface area contributed by atoms with Crippen molar-refractivity contribution in [1.29, 1.82) is 0 Å². The van der Waals surface area contributed by atoms with Crippen molar-refractivity contribution in [2.75, 3.05) is 0 Å². The minimum atomic E-state index is 0.391. The monoisotopic (exact) mass is 212 g/mol. The predicted octanol–water partition coefficient (Wildman–Crippen LogP) is 3.70. The maximum atomic E-state index is 11.9. The smallest absolute Gasteiger partial charge is 0.159 e. The molecule has 2 aliphatic carbocycles. The molecule has 0 fully saturated rings. The van der Waals surface area contributed by atoms with Crippen LogP contribution in [-0.4, -0.2) is 5.78 Å². The lowest BCUT2D eigenvalue weighted by atomic mass is 9.74. The van der Waals surface area contributed by atoms with Gasteiger partial charge in [0.1, 0.15) is 0 Å². The number of carbonyl (C=O) groups is 1. The predicted molar refractivity (Wildman–Crippen MR) is 65.3 cm³/mol. The van der Waals surface area contributed by atoms with Crippen LogP contribution in [0.1, 0.15) is 49.7 Å². The summed E-state index contributed by atoms with van der Waals surface area (Å²) in [6.45, 7) is 2.23. The maximum Gasteiger partial charge on any atom is 0.159 e. The van der Waals surface area contributed by atoms with E-state index in [0.717, 1.165) is 31.3 Å². The minimum absolute atomic E-state index is 0.391. The van der Waals surface area contributed by atoms with Crippen molar-refractivity contribution in [3.05, 3.63) is 41.0 Å². The fraction of sp³-hybridized carbons (Fsp3) is 0.400. The first-order valence-corrected chi connectivity index (χ1v) is 6.12. The molecule has 1 aromatic carbocycles. The molecule has 0 saturated heterocycles. The van der Waals surface area contributed by atoms with Gasteiger partial charge in [0.15, 0.2) is 5.78 Å². The molecule has 1 heteroatoms. The Morgan fingerprint density at radius 3 is 2.81 bits per heavy atom. The number of benzene rings is 1. The van der Waals surface area contributed by atoms with Gasteiger partial charge in [-0.25, -0.2) is 0 Å². The number of allylic oxidation sites excluding steroid dienone is 2. The fourth-order valence-electron chi connectivity index (χ4n) is 3.05. The second-order valence-corrected chi connectivity index (χ2v) is 4.93. The zero-order chi connectivity index (χ0) is 11.1. The van der Waals surface area contributed by atoms with Gasteiger partial charge in [-0.05, 0) is 47.5 Å². The summed E-state index contributed by atoms with van der Waals surface area (Å²) < 4.78 is 0. The van der Waals surface area contributed by atoms with Crippen LogP contribution in [-0.2, 0) is 4.79 Å². The molecule has 1 nitrogen and oxygen atoms in total. The quantitative estimate of drug-likeness (QED) is 0.641. The van der Waals surface area contributed by atoms with Crippen LogP contribution in [0.5, 0.6) is 0 Å². The van der Waals surface area contributed by atoms with Crippen LogP contribution in [0.3, 0.4) is 0 Å². The summed E-state index contributed by atoms with van der Waals surface area (Å²) >= 11 is 0. The first kappa shape index (κ1) is 9.83. The normalized spacial score (nSPS) is 24.1. The summed E-state index contributed by atoms with van der Waals surface area (Å²) in [4.78, 5) is 11.9. The highest BCUT2D eigenvalue weighted by atomic mass is 16.1. The summed E-state index contributed by atoms with van der Waals surface area (Å²) in [5.74, 6) is 0.889. The van der Waals surface area contributed by atoms with E-state index in [4.69, 9.17) is 0 Å². The molecule has 16 heavy (non-hydrogen) atoms. The highest BCUT2D eigenvalue weighted by molar-refractivity contribution is 6.05. The Labute approximate surface area is 96.2 Å². The first-order chi connectivity index (χ1) is 7.77. The van der Waals surface area contributed by atoms with Crippen molar-refractivity contribution >= 4 is 11.4 Å². The van der Waals surface area contributed by atoms with Crippen LogP contribution < -0.4 is 0 Å². The number of carbonyl (C=O) groups excluding carboxylic acids is 1.